The second-order valence-electron chi connectivity index (χ2n) is 5.70. The summed E-state index contributed by atoms with van der Waals surface area (Å²) in [6.07, 6.45) is 7.16. The summed E-state index contributed by atoms with van der Waals surface area (Å²) in [5.41, 5.74) is 0.157. The molecule has 0 atom stereocenters. The number of pyridine rings is 1. The molecule has 100 valence electrons. The van der Waals surface area contributed by atoms with E-state index < -0.39 is 18.3 Å². The fraction of sp³-hybridized carbons (Fsp3) is 0.500. The maximum Gasteiger partial charge on any atom is 0.512 e. The summed E-state index contributed by atoms with van der Waals surface area (Å²) >= 11 is 0. The molecule has 1 aromatic heterocycles. The normalized spacial score (nSPS) is 20.3. The zero-order valence-electron chi connectivity index (χ0n) is 11.7. The third-order valence-electron chi connectivity index (χ3n) is 3.86. The lowest BCUT2D eigenvalue weighted by Gasteiger charge is -2.32. The van der Waals surface area contributed by atoms with Crippen molar-refractivity contribution in [1.82, 2.24) is 4.98 Å². The molecule has 1 aliphatic rings. The average molecular weight is 259 g/mol. The molecule has 1 saturated heterocycles. The molecule has 1 N–H and O–H groups in total. The van der Waals surface area contributed by atoms with Crippen molar-refractivity contribution in [3.63, 3.8) is 0 Å². The van der Waals surface area contributed by atoms with Crippen molar-refractivity contribution in [2.75, 3.05) is 0 Å². The number of rotatable bonds is 2. The van der Waals surface area contributed by atoms with Gasteiger partial charge in [0.1, 0.15) is 0 Å². The maximum atomic E-state index is 11.9. The van der Waals surface area contributed by atoms with Crippen molar-refractivity contribution >= 4 is 12.7 Å². The number of hydrogen-bond acceptors (Lipinski definition) is 3. The topological polar surface area (TPSA) is 51.3 Å². The Morgan fingerprint density at radius 2 is 1.89 bits per heavy atom. The zero-order chi connectivity index (χ0) is 14.3. The summed E-state index contributed by atoms with van der Waals surface area (Å²) in [6, 6.07) is 1.46. The molecule has 0 radical (unpaired) electrons. The van der Waals surface area contributed by atoms with Gasteiger partial charge in [0.25, 0.3) is 0 Å². The molecule has 0 unspecified atom stereocenters. The van der Waals surface area contributed by atoms with Crippen LogP contribution in [0.3, 0.4) is 0 Å². The van der Waals surface area contributed by atoms with Gasteiger partial charge in [-0.05, 0) is 27.7 Å². The Morgan fingerprint density at radius 3 is 2.42 bits per heavy atom. The van der Waals surface area contributed by atoms with E-state index in [-0.39, 0.29) is 11.8 Å². The summed E-state index contributed by atoms with van der Waals surface area (Å²) in [5.74, 6) is 2.50. The molecule has 5 heteroatoms. The Labute approximate surface area is 113 Å². The number of aromatic amines is 1. The number of hydrogen-bond donors (Lipinski definition) is 1. The zero-order valence-corrected chi connectivity index (χ0v) is 11.7. The molecule has 1 fully saturated rings. The fourth-order valence-electron chi connectivity index (χ4n) is 1.98. The van der Waals surface area contributed by atoms with Gasteiger partial charge in [-0.15, -0.1) is 12.3 Å². The van der Waals surface area contributed by atoms with Crippen LogP contribution in [-0.4, -0.2) is 23.3 Å². The Balaban J connectivity index is 2.43. The maximum absolute atomic E-state index is 11.9. The monoisotopic (exact) mass is 259 g/mol. The second kappa shape index (κ2) is 4.55. The van der Waals surface area contributed by atoms with Gasteiger partial charge >= 0.3 is 7.12 Å². The van der Waals surface area contributed by atoms with Crippen LogP contribution >= 0.6 is 0 Å². The molecule has 0 aliphatic carbocycles. The van der Waals surface area contributed by atoms with E-state index in [1.54, 1.807) is 6.20 Å². The third kappa shape index (κ3) is 2.34. The van der Waals surface area contributed by atoms with Gasteiger partial charge in [-0.3, -0.25) is 4.79 Å². The van der Waals surface area contributed by atoms with Gasteiger partial charge in [-0.25, -0.2) is 0 Å². The summed E-state index contributed by atoms with van der Waals surface area (Å²) in [7, 11) is -0.595. The van der Waals surface area contributed by atoms with Crippen LogP contribution in [-0.2, 0) is 15.7 Å². The summed E-state index contributed by atoms with van der Waals surface area (Å²) in [5, 5.41) is 0. The predicted octanol–water partition coefficient (Wildman–Crippen LogP) is 0.850. The standard InChI is InChI=1S/C14H18BNO3/c1-6-7-10-11(17)8-9-16-12(10)15-18-13(2,3)14(4,5)19-15/h1,8-9H,7H2,2-5H3,(H,16,17). The minimum atomic E-state index is -0.595. The van der Waals surface area contributed by atoms with Crippen LogP contribution < -0.4 is 11.0 Å². The number of aromatic nitrogens is 1. The third-order valence-corrected chi connectivity index (χ3v) is 3.86. The molecule has 0 spiro atoms. The van der Waals surface area contributed by atoms with Gasteiger partial charge in [-0.1, -0.05) is 0 Å². The van der Waals surface area contributed by atoms with Crippen molar-refractivity contribution in [3.8, 4) is 12.3 Å². The molecule has 1 aliphatic heterocycles. The van der Waals surface area contributed by atoms with Gasteiger partial charge in [-0.2, -0.15) is 0 Å². The highest BCUT2D eigenvalue weighted by Crippen LogP contribution is 2.36. The van der Waals surface area contributed by atoms with Gasteiger partial charge in [0, 0.05) is 24.2 Å². The molecule has 19 heavy (non-hydrogen) atoms. The number of nitrogens with one attached hydrogen (secondary N) is 1. The van der Waals surface area contributed by atoms with Crippen LogP contribution in [0.25, 0.3) is 0 Å². The van der Waals surface area contributed by atoms with Crippen molar-refractivity contribution in [1.29, 1.82) is 0 Å². The lowest BCUT2D eigenvalue weighted by molar-refractivity contribution is 0.00578. The van der Waals surface area contributed by atoms with Gasteiger partial charge < -0.3 is 14.3 Å². The van der Waals surface area contributed by atoms with Crippen LogP contribution in [0.5, 0.6) is 0 Å². The van der Waals surface area contributed by atoms with Crippen LogP contribution in [0.1, 0.15) is 33.3 Å². The molecular formula is C14H18BNO3. The highest BCUT2D eigenvalue weighted by Gasteiger charge is 2.52. The van der Waals surface area contributed by atoms with E-state index in [0.29, 0.717) is 11.2 Å². The SMILES string of the molecule is C#CCc1c(B2OC(C)(C)C(C)(C)O2)[nH]ccc1=O. The lowest BCUT2D eigenvalue weighted by Crippen LogP contribution is -2.41. The highest BCUT2D eigenvalue weighted by molar-refractivity contribution is 6.61. The number of H-pyrrole nitrogens is 1. The van der Waals surface area contributed by atoms with Gasteiger partial charge in [0.2, 0.25) is 0 Å². The first-order chi connectivity index (χ1) is 8.78. The molecule has 0 aromatic carbocycles. The second-order valence-corrected chi connectivity index (χ2v) is 5.70. The molecule has 2 heterocycles. The molecule has 0 bridgehead atoms. The van der Waals surface area contributed by atoms with Crippen molar-refractivity contribution in [2.45, 2.75) is 45.3 Å². The van der Waals surface area contributed by atoms with Gasteiger partial charge in [0.15, 0.2) is 5.43 Å². The van der Waals surface area contributed by atoms with E-state index in [9.17, 15) is 4.79 Å². The largest absolute Gasteiger partial charge is 0.512 e. The van der Waals surface area contributed by atoms with E-state index >= 15 is 0 Å². The summed E-state index contributed by atoms with van der Waals surface area (Å²) < 4.78 is 11.9. The molecule has 2 rings (SSSR count). The van der Waals surface area contributed by atoms with Gasteiger partial charge in [0.05, 0.1) is 16.8 Å². The average Bonchev–Trinajstić information content (AvgIpc) is 2.51. The molecule has 0 amide bonds. The van der Waals surface area contributed by atoms with E-state index in [4.69, 9.17) is 15.7 Å². The van der Waals surface area contributed by atoms with Crippen LogP contribution in [0.2, 0.25) is 0 Å². The van der Waals surface area contributed by atoms with E-state index in [2.05, 4.69) is 10.9 Å². The van der Waals surface area contributed by atoms with Crippen molar-refractivity contribution in [2.24, 2.45) is 0 Å². The predicted molar refractivity (Wildman–Crippen MR) is 75.3 cm³/mol. The Morgan fingerprint density at radius 1 is 1.32 bits per heavy atom. The van der Waals surface area contributed by atoms with E-state index in [0.717, 1.165) is 0 Å². The van der Waals surface area contributed by atoms with Crippen molar-refractivity contribution < 1.29 is 9.31 Å². The Hall–Kier alpha value is -1.51. The van der Waals surface area contributed by atoms with E-state index in [1.807, 2.05) is 27.7 Å². The fourth-order valence-corrected chi connectivity index (χ4v) is 1.98. The molecular weight excluding hydrogens is 241 g/mol. The number of terminal acetylenes is 1. The first-order valence-electron chi connectivity index (χ1n) is 6.28. The minimum Gasteiger partial charge on any atom is -0.398 e. The molecule has 1 aromatic rings. The quantitative estimate of drug-likeness (QED) is 0.632. The smallest absolute Gasteiger partial charge is 0.398 e. The molecule has 0 saturated carbocycles. The lowest BCUT2D eigenvalue weighted by atomic mass is 9.80. The van der Waals surface area contributed by atoms with Crippen molar-refractivity contribution in [3.05, 3.63) is 28.0 Å². The van der Waals surface area contributed by atoms with Crippen LogP contribution in [0.15, 0.2) is 17.1 Å². The van der Waals surface area contributed by atoms with E-state index in [1.165, 1.54) is 6.07 Å². The first kappa shape index (κ1) is 13.9. The van der Waals surface area contributed by atoms with Crippen LogP contribution in [0.4, 0.5) is 0 Å². The Kier molecular flexibility index (Phi) is 3.33. The molecule has 4 nitrogen and oxygen atoms in total. The summed E-state index contributed by atoms with van der Waals surface area (Å²) in [4.78, 5) is 14.9. The van der Waals surface area contributed by atoms with Crippen LogP contribution in [0, 0.1) is 12.3 Å². The first-order valence-corrected chi connectivity index (χ1v) is 6.28. The minimum absolute atomic E-state index is 0.0959. The highest BCUT2D eigenvalue weighted by atomic mass is 16.7. The Bertz CT molecular complexity index is 567. The summed E-state index contributed by atoms with van der Waals surface area (Å²) in [6.45, 7) is 7.87.